The highest BCUT2D eigenvalue weighted by atomic mass is 16.6. The number of carbonyl (C=O) groups excluding carboxylic acids is 3. The fourth-order valence-electron chi connectivity index (χ4n) is 6.01. The van der Waals surface area contributed by atoms with Gasteiger partial charge in [0.1, 0.15) is 12.4 Å². The molecule has 51 heavy (non-hydrogen) atoms. The number of ketones is 1. The summed E-state index contributed by atoms with van der Waals surface area (Å²) in [4.78, 5) is 45.2. The van der Waals surface area contributed by atoms with Gasteiger partial charge >= 0.3 is 12.1 Å². The van der Waals surface area contributed by atoms with Crippen molar-refractivity contribution in [1.29, 1.82) is 0 Å². The molecule has 5 aromatic carbocycles. The van der Waals surface area contributed by atoms with Gasteiger partial charge in [-0.2, -0.15) is 4.98 Å². The summed E-state index contributed by atoms with van der Waals surface area (Å²) in [6, 6.07) is 33.9. The molecule has 2 heterocycles. The molecule has 1 fully saturated rings. The minimum absolute atomic E-state index is 0.153. The SMILES string of the molecule is CCOC(=O)c1ccc2ccccc2c1C(=O)C(N)Cc1ccc(OCC2CN(c3ccc(-c4noc(-c5ccccc5)n4)cc3)C(=O)O2)cc1. The smallest absolute Gasteiger partial charge is 0.414 e. The lowest BCUT2D eigenvalue weighted by atomic mass is 9.90. The third-order valence-electron chi connectivity index (χ3n) is 8.58. The number of aromatic nitrogens is 2. The molecule has 1 aromatic heterocycles. The van der Waals surface area contributed by atoms with E-state index in [1.54, 1.807) is 42.2 Å². The molecule has 1 aliphatic rings. The van der Waals surface area contributed by atoms with Crippen LogP contribution in [0.25, 0.3) is 33.6 Å². The molecule has 0 bridgehead atoms. The molecule has 2 N–H and O–H groups in total. The molecule has 0 saturated carbocycles. The first-order valence-corrected chi connectivity index (χ1v) is 16.6. The Balaban J connectivity index is 0.944. The largest absolute Gasteiger partial charge is 0.490 e. The van der Waals surface area contributed by atoms with Crippen LogP contribution in [-0.4, -0.2) is 59.9 Å². The minimum atomic E-state index is -0.896. The second kappa shape index (κ2) is 14.7. The standard InChI is InChI=1S/C40H34N4O7/c1-2-48-39(46)33-21-16-26-8-6-7-11-32(26)35(33)36(45)34(41)22-25-12-19-30(20-13-25)49-24-31-23-44(40(47)50-31)29-17-14-27(15-18-29)37-42-38(51-43-37)28-9-4-3-5-10-28/h3-21,31,34H,2,22-24,41H2,1H3. The van der Waals surface area contributed by atoms with Crippen LogP contribution in [0, 0.1) is 0 Å². The molecule has 11 nitrogen and oxygen atoms in total. The van der Waals surface area contributed by atoms with E-state index in [1.807, 2.05) is 84.9 Å². The van der Waals surface area contributed by atoms with Gasteiger partial charge < -0.3 is 24.5 Å². The summed E-state index contributed by atoms with van der Waals surface area (Å²) >= 11 is 0. The van der Waals surface area contributed by atoms with Crippen molar-refractivity contribution in [3.8, 4) is 28.6 Å². The van der Waals surface area contributed by atoms with E-state index in [0.717, 1.165) is 22.1 Å². The van der Waals surface area contributed by atoms with Crippen molar-refractivity contribution >= 4 is 34.3 Å². The van der Waals surface area contributed by atoms with Crippen molar-refractivity contribution in [1.82, 2.24) is 10.1 Å². The van der Waals surface area contributed by atoms with Gasteiger partial charge in [0, 0.05) is 22.4 Å². The van der Waals surface area contributed by atoms with Crippen LogP contribution in [0.15, 0.2) is 120 Å². The first-order chi connectivity index (χ1) is 24.9. The lowest BCUT2D eigenvalue weighted by Crippen LogP contribution is -2.34. The number of hydrogen-bond donors (Lipinski definition) is 1. The zero-order chi connectivity index (χ0) is 35.3. The molecule has 11 heteroatoms. The van der Waals surface area contributed by atoms with Gasteiger partial charge in [0.25, 0.3) is 5.89 Å². The van der Waals surface area contributed by atoms with Crippen LogP contribution in [0.1, 0.15) is 33.2 Å². The number of anilines is 1. The molecular weight excluding hydrogens is 648 g/mol. The highest BCUT2D eigenvalue weighted by Gasteiger charge is 2.33. The van der Waals surface area contributed by atoms with Gasteiger partial charge in [-0.25, -0.2) is 9.59 Å². The Morgan fingerprint density at radius 3 is 2.41 bits per heavy atom. The zero-order valence-electron chi connectivity index (χ0n) is 27.7. The van der Waals surface area contributed by atoms with E-state index in [-0.39, 0.29) is 36.5 Å². The summed E-state index contributed by atoms with van der Waals surface area (Å²) in [6.07, 6.45) is -0.698. The quantitative estimate of drug-likeness (QED) is 0.107. The van der Waals surface area contributed by atoms with Crippen molar-refractivity contribution in [2.45, 2.75) is 25.5 Å². The highest BCUT2D eigenvalue weighted by molar-refractivity contribution is 6.17. The van der Waals surface area contributed by atoms with Gasteiger partial charge in [0.2, 0.25) is 5.82 Å². The minimum Gasteiger partial charge on any atom is -0.490 e. The maximum atomic E-state index is 13.7. The van der Waals surface area contributed by atoms with Crippen LogP contribution in [0.5, 0.6) is 5.75 Å². The van der Waals surface area contributed by atoms with Gasteiger partial charge in [-0.05, 0) is 84.3 Å². The van der Waals surface area contributed by atoms with Crippen LogP contribution in [-0.2, 0) is 15.9 Å². The normalized spacial score (nSPS) is 14.7. The number of carbonyl (C=O) groups is 3. The van der Waals surface area contributed by atoms with E-state index in [9.17, 15) is 14.4 Å². The maximum absolute atomic E-state index is 13.7. The van der Waals surface area contributed by atoms with Gasteiger partial charge in [0.05, 0.1) is 24.8 Å². The number of nitrogens with zero attached hydrogens (tertiary/aromatic N) is 3. The summed E-state index contributed by atoms with van der Waals surface area (Å²) in [6.45, 7) is 2.38. The van der Waals surface area contributed by atoms with Gasteiger partial charge in [0.15, 0.2) is 11.9 Å². The van der Waals surface area contributed by atoms with E-state index < -0.39 is 24.2 Å². The molecule has 2 atom stereocenters. The molecule has 1 saturated heterocycles. The number of cyclic esters (lactones) is 1. The van der Waals surface area contributed by atoms with Crippen molar-refractivity contribution in [3.05, 3.63) is 132 Å². The third kappa shape index (κ3) is 7.19. The molecule has 0 spiro atoms. The molecule has 0 aliphatic carbocycles. The Hall–Kier alpha value is -6.33. The second-order valence-electron chi connectivity index (χ2n) is 12.0. The van der Waals surface area contributed by atoms with Crippen molar-refractivity contribution < 1.29 is 33.1 Å². The number of amides is 1. The predicted octanol–water partition coefficient (Wildman–Crippen LogP) is 6.89. The summed E-state index contributed by atoms with van der Waals surface area (Å²) in [5, 5.41) is 5.57. The Bertz CT molecular complexity index is 2180. The summed E-state index contributed by atoms with van der Waals surface area (Å²) in [5.74, 6) is 0.545. The predicted molar refractivity (Wildman–Crippen MR) is 191 cm³/mol. The summed E-state index contributed by atoms with van der Waals surface area (Å²) < 4.78 is 22.2. The Morgan fingerprint density at radius 2 is 1.65 bits per heavy atom. The molecule has 256 valence electrons. The van der Waals surface area contributed by atoms with Crippen LogP contribution < -0.4 is 15.4 Å². The topological polar surface area (TPSA) is 147 Å². The number of ether oxygens (including phenoxy) is 3. The Morgan fingerprint density at radius 1 is 0.902 bits per heavy atom. The van der Waals surface area contributed by atoms with Gasteiger partial charge in [-0.15, -0.1) is 0 Å². The molecule has 0 radical (unpaired) electrons. The number of benzene rings is 5. The Labute approximate surface area is 293 Å². The number of esters is 1. The van der Waals surface area contributed by atoms with Crippen molar-refractivity contribution in [2.75, 3.05) is 24.7 Å². The highest BCUT2D eigenvalue weighted by Crippen LogP contribution is 2.28. The van der Waals surface area contributed by atoms with E-state index in [0.29, 0.717) is 35.1 Å². The van der Waals surface area contributed by atoms with Crippen LogP contribution in [0.4, 0.5) is 10.5 Å². The molecule has 7 rings (SSSR count). The monoisotopic (exact) mass is 682 g/mol. The Kier molecular flexibility index (Phi) is 9.53. The second-order valence-corrected chi connectivity index (χ2v) is 12.0. The lowest BCUT2D eigenvalue weighted by molar-refractivity contribution is 0.0523. The molecule has 2 unspecified atom stereocenters. The number of nitrogens with two attached hydrogens (primary N) is 1. The third-order valence-corrected chi connectivity index (χ3v) is 8.58. The van der Waals surface area contributed by atoms with Gasteiger partial charge in [-0.3, -0.25) is 9.69 Å². The molecule has 1 amide bonds. The molecular formula is C40H34N4O7. The van der Waals surface area contributed by atoms with E-state index >= 15 is 0 Å². The number of hydrogen-bond acceptors (Lipinski definition) is 10. The van der Waals surface area contributed by atoms with Crippen molar-refractivity contribution in [2.24, 2.45) is 5.73 Å². The van der Waals surface area contributed by atoms with Crippen LogP contribution >= 0.6 is 0 Å². The number of Topliss-reactive ketones (excluding diaryl/α,β-unsaturated/α-hetero) is 1. The average molecular weight is 683 g/mol. The maximum Gasteiger partial charge on any atom is 0.414 e. The fourth-order valence-corrected chi connectivity index (χ4v) is 6.01. The van der Waals surface area contributed by atoms with Gasteiger partial charge in [-0.1, -0.05) is 65.8 Å². The molecule has 6 aromatic rings. The van der Waals surface area contributed by atoms with Crippen LogP contribution in [0.2, 0.25) is 0 Å². The first kappa shape index (κ1) is 33.2. The number of rotatable bonds is 12. The summed E-state index contributed by atoms with van der Waals surface area (Å²) in [5.41, 5.74) is 9.97. The molecule has 1 aliphatic heterocycles. The number of fused-ring (bicyclic) bond motifs is 1. The lowest BCUT2D eigenvalue weighted by Gasteiger charge is -2.16. The van der Waals surface area contributed by atoms with E-state index in [1.165, 1.54) is 0 Å². The van der Waals surface area contributed by atoms with Crippen LogP contribution in [0.3, 0.4) is 0 Å². The van der Waals surface area contributed by atoms with E-state index in [2.05, 4.69) is 10.1 Å². The average Bonchev–Trinajstić information content (AvgIpc) is 3.81. The first-order valence-electron chi connectivity index (χ1n) is 16.6. The summed E-state index contributed by atoms with van der Waals surface area (Å²) in [7, 11) is 0. The van der Waals surface area contributed by atoms with E-state index in [4.69, 9.17) is 24.5 Å². The van der Waals surface area contributed by atoms with Crippen molar-refractivity contribution in [3.63, 3.8) is 0 Å². The fraction of sp³-hybridized carbons (Fsp3) is 0.175. The zero-order valence-corrected chi connectivity index (χ0v) is 27.7.